The van der Waals surface area contributed by atoms with Crippen LogP contribution < -0.4 is 0 Å². The molecule has 3 rings (SSSR count). The molecular formula is C9H6N4O2. The number of H-pyrrole nitrogens is 1. The number of aromatic hydroxyl groups is 1. The largest absolute Gasteiger partial charge is 0.480 e. The second kappa shape index (κ2) is 2.81. The molecule has 0 unspecified atom stereocenters. The van der Waals surface area contributed by atoms with E-state index >= 15 is 0 Å². The molecule has 0 saturated carbocycles. The Kier molecular flexibility index (Phi) is 1.49. The van der Waals surface area contributed by atoms with Gasteiger partial charge in [-0.25, -0.2) is 0 Å². The number of nitrogens with one attached hydrogen (secondary N) is 1. The van der Waals surface area contributed by atoms with E-state index in [9.17, 15) is 0 Å². The highest BCUT2D eigenvalue weighted by Gasteiger charge is 2.06. The highest BCUT2D eigenvalue weighted by Crippen LogP contribution is 2.22. The number of hydrogen-bond donors (Lipinski definition) is 2. The Hall–Kier alpha value is -2.37. The summed E-state index contributed by atoms with van der Waals surface area (Å²) < 4.78 is 5.05. The van der Waals surface area contributed by atoms with Gasteiger partial charge in [-0.05, 0) is 18.2 Å². The van der Waals surface area contributed by atoms with Crippen LogP contribution in [0.3, 0.4) is 0 Å². The zero-order valence-corrected chi connectivity index (χ0v) is 7.51. The molecule has 0 fully saturated rings. The van der Waals surface area contributed by atoms with Crippen molar-refractivity contribution in [1.29, 1.82) is 0 Å². The van der Waals surface area contributed by atoms with E-state index in [0.29, 0.717) is 11.4 Å². The molecule has 0 aliphatic carbocycles. The topological polar surface area (TPSA) is 87.8 Å². The Morgan fingerprint density at radius 1 is 1.33 bits per heavy atom. The molecule has 0 aliphatic rings. The number of fused-ring (bicyclic) bond motifs is 1. The van der Waals surface area contributed by atoms with E-state index < -0.39 is 0 Å². The minimum atomic E-state index is -0.104. The van der Waals surface area contributed by atoms with Crippen LogP contribution in [0.15, 0.2) is 29.0 Å². The lowest BCUT2D eigenvalue weighted by atomic mass is 10.2. The van der Waals surface area contributed by atoms with E-state index in [1.165, 1.54) is 6.39 Å². The van der Waals surface area contributed by atoms with E-state index in [-0.39, 0.29) is 6.01 Å². The minimum Gasteiger partial charge on any atom is -0.480 e. The summed E-state index contributed by atoms with van der Waals surface area (Å²) in [6.07, 6.45) is 1.27. The summed E-state index contributed by atoms with van der Waals surface area (Å²) in [5.41, 5.74) is 2.19. The lowest BCUT2D eigenvalue weighted by Gasteiger charge is -1.92. The van der Waals surface area contributed by atoms with Gasteiger partial charge in [0.1, 0.15) is 0 Å². The Morgan fingerprint density at radius 2 is 2.27 bits per heavy atom. The molecule has 0 spiro atoms. The maximum Gasteiger partial charge on any atom is 0.292 e. The van der Waals surface area contributed by atoms with Crippen LogP contribution in [0.2, 0.25) is 0 Å². The molecule has 6 heteroatoms. The van der Waals surface area contributed by atoms with Gasteiger partial charge in [-0.2, -0.15) is 4.98 Å². The van der Waals surface area contributed by atoms with Crippen molar-refractivity contribution in [3.05, 3.63) is 24.6 Å². The van der Waals surface area contributed by atoms with E-state index in [4.69, 9.17) is 9.52 Å². The van der Waals surface area contributed by atoms with Gasteiger partial charge in [-0.1, -0.05) is 0 Å². The highest BCUT2D eigenvalue weighted by atomic mass is 16.4. The Morgan fingerprint density at radius 3 is 3.07 bits per heavy atom. The quantitative estimate of drug-likeness (QED) is 0.621. The van der Waals surface area contributed by atoms with Crippen LogP contribution in [0.25, 0.3) is 22.5 Å². The van der Waals surface area contributed by atoms with Crippen molar-refractivity contribution in [2.45, 2.75) is 0 Å². The first-order valence-electron chi connectivity index (χ1n) is 4.28. The standard InChI is InChI=1S/C9H6N4O2/c14-9-11-6-2-1-5(3-7(6)12-9)8-13-10-4-15-8/h1-4H,(H2,11,12,14). The first kappa shape index (κ1) is 7.98. The van der Waals surface area contributed by atoms with Crippen LogP contribution in [-0.2, 0) is 0 Å². The Labute approximate surface area is 83.6 Å². The molecule has 15 heavy (non-hydrogen) atoms. The first-order valence-corrected chi connectivity index (χ1v) is 4.28. The maximum absolute atomic E-state index is 9.16. The lowest BCUT2D eigenvalue weighted by molar-refractivity contribution is 0.438. The van der Waals surface area contributed by atoms with E-state index in [1.54, 1.807) is 12.1 Å². The molecule has 0 saturated heterocycles. The molecule has 2 aromatic heterocycles. The number of nitrogens with zero attached hydrogens (tertiary/aromatic N) is 3. The fraction of sp³-hybridized carbons (Fsp3) is 0. The SMILES string of the molecule is Oc1nc2cc(-c3nnco3)ccc2[nH]1. The average Bonchev–Trinajstić information content (AvgIpc) is 2.82. The molecule has 2 heterocycles. The summed E-state index contributed by atoms with van der Waals surface area (Å²) in [6, 6.07) is 5.27. The predicted octanol–water partition coefficient (Wildman–Crippen LogP) is 1.32. The van der Waals surface area contributed by atoms with Gasteiger partial charge < -0.3 is 14.5 Å². The van der Waals surface area contributed by atoms with Gasteiger partial charge >= 0.3 is 0 Å². The zero-order chi connectivity index (χ0) is 10.3. The molecular weight excluding hydrogens is 196 g/mol. The number of hydrogen-bond acceptors (Lipinski definition) is 5. The third-order valence-corrected chi connectivity index (χ3v) is 2.08. The summed E-state index contributed by atoms with van der Waals surface area (Å²) in [6.45, 7) is 0. The molecule has 6 nitrogen and oxygen atoms in total. The van der Waals surface area contributed by atoms with Crippen molar-refractivity contribution < 1.29 is 9.52 Å². The van der Waals surface area contributed by atoms with Gasteiger partial charge in [0.05, 0.1) is 11.0 Å². The number of aromatic nitrogens is 4. The smallest absolute Gasteiger partial charge is 0.292 e. The monoisotopic (exact) mass is 202 g/mol. The third kappa shape index (κ3) is 1.23. The zero-order valence-electron chi connectivity index (χ0n) is 7.51. The predicted molar refractivity (Wildman–Crippen MR) is 51.1 cm³/mol. The van der Waals surface area contributed by atoms with Crippen LogP contribution in [0, 0.1) is 0 Å². The summed E-state index contributed by atoms with van der Waals surface area (Å²) in [5.74, 6) is 0.430. The van der Waals surface area contributed by atoms with Gasteiger partial charge in [0.25, 0.3) is 6.01 Å². The number of benzene rings is 1. The summed E-state index contributed by atoms with van der Waals surface area (Å²) >= 11 is 0. The molecule has 74 valence electrons. The molecule has 0 bridgehead atoms. The third-order valence-electron chi connectivity index (χ3n) is 2.08. The van der Waals surface area contributed by atoms with Crippen LogP contribution >= 0.6 is 0 Å². The normalized spacial score (nSPS) is 10.9. The molecule has 0 aliphatic heterocycles. The Balaban J connectivity index is 2.21. The Bertz CT molecular complexity index is 600. The van der Waals surface area contributed by atoms with Crippen molar-refractivity contribution in [1.82, 2.24) is 20.2 Å². The second-order valence-corrected chi connectivity index (χ2v) is 3.04. The van der Waals surface area contributed by atoms with Crippen LogP contribution in [0.5, 0.6) is 6.01 Å². The number of imidazole rings is 1. The van der Waals surface area contributed by atoms with Crippen LogP contribution in [0.1, 0.15) is 0 Å². The van der Waals surface area contributed by atoms with Crippen molar-refractivity contribution in [2.24, 2.45) is 0 Å². The van der Waals surface area contributed by atoms with Crippen molar-refractivity contribution >= 4 is 11.0 Å². The summed E-state index contributed by atoms with van der Waals surface area (Å²) in [7, 11) is 0. The fourth-order valence-electron chi connectivity index (χ4n) is 1.42. The molecule has 0 amide bonds. The van der Waals surface area contributed by atoms with E-state index in [2.05, 4.69) is 20.2 Å². The fourth-order valence-corrected chi connectivity index (χ4v) is 1.42. The van der Waals surface area contributed by atoms with Gasteiger partial charge in [-0.3, -0.25) is 0 Å². The number of rotatable bonds is 1. The van der Waals surface area contributed by atoms with Crippen molar-refractivity contribution in [2.75, 3.05) is 0 Å². The molecule has 3 aromatic rings. The molecule has 0 atom stereocenters. The van der Waals surface area contributed by atoms with E-state index in [0.717, 1.165) is 11.1 Å². The maximum atomic E-state index is 9.16. The van der Waals surface area contributed by atoms with E-state index in [1.807, 2.05) is 6.07 Å². The van der Waals surface area contributed by atoms with Gasteiger partial charge in [-0.15, -0.1) is 10.2 Å². The second-order valence-electron chi connectivity index (χ2n) is 3.04. The summed E-state index contributed by atoms with van der Waals surface area (Å²) in [5, 5.41) is 16.5. The van der Waals surface area contributed by atoms with Crippen molar-refractivity contribution in [3.8, 4) is 17.5 Å². The highest BCUT2D eigenvalue weighted by molar-refractivity contribution is 5.80. The van der Waals surface area contributed by atoms with Crippen LogP contribution in [0.4, 0.5) is 0 Å². The van der Waals surface area contributed by atoms with Crippen molar-refractivity contribution in [3.63, 3.8) is 0 Å². The lowest BCUT2D eigenvalue weighted by Crippen LogP contribution is -1.78. The van der Waals surface area contributed by atoms with Gasteiger partial charge in [0, 0.05) is 5.56 Å². The van der Waals surface area contributed by atoms with Gasteiger partial charge in [0.2, 0.25) is 12.3 Å². The molecule has 2 N–H and O–H groups in total. The number of aromatic amines is 1. The first-order chi connectivity index (χ1) is 7.33. The molecule has 0 radical (unpaired) electrons. The van der Waals surface area contributed by atoms with Gasteiger partial charge in [0.15, 0.2) is 0 Å². The van der Waals surface area contributed by atoms with Crippen LogP contribution in [-0.4, -0.2) is 25.3 Å². The summed E-state index contributed by atoms with van der Waals surface area (Å²) in [4.78, 5) is 6.60. The molecule has 1 aromatic carbocycles. The average molecular weight is 202 g/mol. The minimum absolute atomic E-state index is 0.104.